The molecular weight excluding hydrogens is 352 g/mol. The van der Waals surface area contributed by atoms with Crippen molar-refractivity contribution in [1.82, 2.24) is 0 Å². The van der Waals surface area contributed by atoms with Crippen molar-refractivity contribution in [3.63, 3.8) is 0 Å². The van der Waals surface area contributed by atoms with Crippen LogP contribution in [0.15, 0.2) is 65.6 Å². The van der Waals surface area contributed by atoms with Gasteiger partial charge < -0.3 is 0 Å². The van der Waals surface area contributed by atoms with Crippen LogP contribution in [0, 0.1) is 17.0 Å². The fraction of sp³-hybridized carbons (Fsp3) is 0.158. The first-order chi connectivity index (χ1) is 12.4. The number of nitro groups is 1. The van der Waals surface area contributed by atoms with Crippen molar-refractivity contribution in [3.8, 4) is 0 Å². The minimum absolute atomic E-state index is 0.0542. The van der Waals surface area contributed by atoms with Gasteiger partial charge in [-0.15, -0.1) is 0 Å². The molecule has 0 fully saturated rings. The van der Waals surface area contributed by atoms with Crippen LogP contribution in [0.3, 0.4) is 0 Å². The van der Waals surface area contributed by atoms with Gasteiger partial charge in [-0.2, -0.15) is 0 Å². The van der Waals surface area contributed by atoms with Crippen molar-refractivity contribution in [1.29, 1.82) is 0 Å². The Morgan fingerprint density at radius 2 is 1.73 bits per heavy atom. The molecule has 0 saturated carbocycles. The molecule has 0 amide bonds. The van der Waals surface area contributed by atoms with Crippen LogP contribution in [0.1, 0.15) is 12.5 Å². The van der Waals surface area contributed by atoms with Crippen LogP contribution >= 0.6 is 0 Å². The van der Waals surface area contributed by atoms with Gasteiger partial charge in [-0.3, -0.25) is 14.4 Å². The second kappa shape index (κ2) is 6.76. The van der Waals surface area contributed by atoms with Gasteiger partial charge in [0.1, 0.15) is 0 Å². The number of anilines is 1. The SMILES string of the molecule is CCN(c1cccc2ccccc12)S(=O)(=O)c1cc([N+](=O)[O-])ccc1C. The smallest absolute Gasteiger partial charge is 0.266 e. The average Bonchev–Trinajstić information content (AvgIpc) is 2.62. The average molecular weight is 370 g/mol. The van der Waals surface area contributed by atoms with E-state index in [2.05, 4.69) is 0 Å². The molecule has 0 aliphatic rings. The topological polar surface area (TPSA) is 80.5 Å². The standard InChI is InChI=1S/C19H18N2O4S/c1-3-20(18-10-6-8-15-7-4-5-9-17(15)18)26(24,25)19-13-16(21(22)23)12-11-14(19)2/h4-13H,3H2,1-2H3. The number of rotatable bonds is 5. The molecule has 0 N–H and O–H groups in total. The maximum Gasteiger partial charge on any atom is 0.270 e. The molecule has 3 rings (SSSR count). The summed E-state index contributed by atoms with van der Waals surface area (Å²) in [5, 5.41) is 12.8. The molecule has 134 valence electrons. The molecule has 0 unspecified atom stereocenters. The minimum Gasteiger partial charge on any atom is -0.266 e. The normalized spacial score (nSPS) is 11.5. The third kappa shape index (κ3) is 3.01. The Morgan fingerprint density at radius 3 is 2.42 bits per heavy atom. The van der Waals surface area contributed by atoms with E-state index in [4.69, 9.17) is 0 Å². The minimum atomic E-state index is -3.95. The van der Waals surface area contributed by atoms with Crippen LogP contribution < -0.4 is 4.31 Å². The lowest BCUT2D eigenvalue weighted by atomic mass is 10.1. The van der Waals surface area contributed by atoms with E-state index >= 15 is 0 Å². The van der Waals surface area contributed by atoms with Gasteiger partial charge in [0.15, 0.2) is 0 Å². The third-order valence-electron chi connectivity index (χ3n) is 4.27. The zero-order chi connectivity index (χ0) is 18.9. The number of nitro benzene ring substituents is 1. The predicted octanol–water partition coefficient (Wildman–Crippen LogP) is 4.27. The largest absolute Gasteiger partial charge is 0.270 e. The summed E-state index contributed by atoms with van der Waals surface area (Å²) in [5.74, 6) is 0. The molecular formula is C19H18N2O4S. The quantitative estimate of drug-likeness (QED) is 0.496. The molecule has 0 aliphatic carbocycles. The highest BCUT2D eigenvalue weighted by Crippen LogP contribution is 2.32. The van der Waals surface area contributed by atoms with Gasteiger partial charge in [0, 0.05) is 24.1 Å². The van der Waals surface area contributed by atoms with Gasteiger partial charge in [0.25, 0.3) is 15.7 Å². The van der Waals surface area contributed by atoms with Crippen molar-refractivity contribution in [3.05, 3.63) is 76.3 Å². The first-order valence-electron chi connectivity index (χ1n) is 8.12. The number of hydrogen-bond donors (Lipinski definition) is 0. The number of sulfonamides is 1. The third-order valence-corrected chi connectivity index (χ3v) is 6.30. The number of hydrogen-bond acceptors (Lipinski definition) is 4. The maximum absolute atomic E-state index is 13.3. The predicted molar refractivity (Wildman–Crippen MR) is 102 cm³/mol. The summed E-state index contributed by atoms with van der Waals surface area (Å²) < 4.78 is 27.9. The molecule has 6 nitrogen and oxygen atoms in total. The zero-order valence-corrected chi connectivity index (χ0v) is 15.2. The summed E-state index contributed by atoms with van der Waals surface area (Å²) in [6.07, 6.45) is 0. The van der Waals surface area contributed by atoms with Crippen molar-refractivity contribution in [2.45, 2.75) is 18.7 Å². The van der Waals surface area contributed by atoms with Crippen molar-refractivity contribution >= 4 is 32.2 Å². The van der Waals surface area contributed by atoms with E-state index in [0.717, 1.165) is 16.8 Å². The first kappa shape index (κ1) is 17.9. The van der Waals surface area contributed by atoms with Crippen molar-refractivity contribution < 1.29 is 13.3 Å². The van der Waals surface area contributed by atoms with E-state index in [1.165, 1.54) is 16.4 Å². The van der Waals surface area contributed by atoms with Gasteiger partial charge in [0.2, 0.25) is 0 Å². The van der Waals surface area contributed by atoms with E-state index in [0.29, 0.717) is 11.3 Å². The van der Waals surface area contributed by atoms with E-state index in [1.54, 1.807) is 26.0 Å². The highest BCUT2D eigenvalue weighted by atomic mass is 32.2. The molecule has 0 spiro atoms. The molecule has 7 heteroatoms. The molecule has 0 heterocycles. The Labute approximate surface area is 151 Å². The molecule has 0 radical (unpaired) electrons. The lowest BCUT2D eigenvalue weighted by Crippen LogP contribution is -2.31. The molecule has 0 atom stereocenters. The number of nitrogens with zero attached hydrogens (tertiary/aromatic N) is 2. The van der Waals surface area contributed by atoms with Gasteiger partial charge in [-0.1, -0.05) is 42.5 Å². The van der Waals surface area contributed by atoms with Crippen LogP contribution in [-0.2, 0) is 10.0 Å². The second-order valence-corrected chi connectivity index (χ2v) is 7.71. The lowest BCUT2D eigenvalue weighted by Gasteiger charge is -2.25. The molecule has 0 aromatic heterocycles. The lowest BCUT2D eigenvalue weighted by molar-refractivity contribution is -0.385. The Hall–Kier alpha value is -2.93. The van der Waals surface area contributed by atoms with E-state index in [-0.39, 0.29) is 17.1 Å². The van der Waals surface area contributed by atoms with Crippen LogP contribution in [0.2, 0.25) is 0 Å². The zero-order valence-electron chi connectivity index (χ0n) is 14.4. The molecule has 0 bridgehead atoms. The summed E-state index contributed by atoms with van der Waals surface area (Å²) in [7, 11) is -3.95. The number of non-ortho nitro benzene ring substituents is 1. The van der Waals surface area contributed by atoms with E-state index in [9.17, 15) is 18.5 Å². The Kier molecular flexibility index (Phi) is 4.65. The van der Waals surface area contributed by atoms with Crippen molar-refractivity contribution in [2.75, 3.05) is 10.8 Å². The highest BCUT2D eigenvalue weighted by Gasteiger charge is 2.28. The van der Waals surface area contributed by atoms with Gasteiger partial charge in [-0.05, 0) is 30.9 Å². The Bertz CT molecular complexity index is 1090. The molecule has 0 aliphatic heterocycles. The van der Waals surface area contributed by atoms with Gasteiger partial charge in [-0.25, -0.2) is 8.42 Å². The summed E-state index contributed by atoms with van der Waals surface area (Å²) in [6, 6.07) is 16.9. The number of aryl methyl sites for hydroxylation is 1. The molecule has 3 aromatic rings. The molecule has 26 heavy (non-hydrogen) atoms. The summed E-state index contributed by atoms with van der Waals surface area (Å²) in [6.45, 7) is 3.58. The van der Waals surface area contributed by atoms with Gasteiger partial charge >= 0.3 is 0 Å². The van der Waals surface area contributed by atoms with Crippen LogP contribution in [-0.4, -0.2) is 19.9 Å². The second-order valence-electron chi connectivity index (χ2n) is 5.87. The van der Waals surface area contributed by atoms with Crippen molar-refractivity contribution in [2.24, 2.45) is 0 Å². The van der Waals surface area contributed by atoms with Gasteiger partial charge in [0.05, 0.1) is 15.5 Å². The first-order valence-corrected chi connectivity index (χ1v) is 9.56. The van der Waals surface area contributed by atoms with Crippen LogP contribution in [0.25, 0.3) is 10.8 Å². The van der Waals surface area contributed by atoms with Crippen LogP contribution in [0.4, 0.5) is 11.4 Å². The van der Waals surface area contributed by atoms with E-state index < -0.39 is 14.9 Å². The molecule has 0 saturated heterocycles. The Balaban J connectivity index is 2.22. The fourth-order valence-corrected chi connectivity index (χ4v) is 4.73. The summed E-state index contributed by atoms with van der Waals surface area (Å²) >= 11 is 0. The summed E-state index contributed by atoms with van der Waals surface area (Å²) in [4.78, 5) is 10.4. The monoisotopic (exact) mass is 370 g/mol. The Morgan fingerprint density at radius 1 is 1.04 bits per heavy atom. The summed E-state index contributed by atoms with van der Waals surface area (Å²) in [5.41, 5.74) is 0.772. The maximum atomic E-state index is 13.3. The highest BCUT2D eigenvalue weighted by molar-refractivity contribution is 7.93. The molecule has 3 aromatic carbocycles. The van der Waals surface area contributed by atoms with E-state index in [1.807, 2.05) is 30.3 Å². The number of benzene rings is 3. The fourth-order valence-electron chi connectivity index (χ4n) is 2.99. The number of fused-ring (bicyclic) bond motifs is 1. The van der Waals surface area contributed by atoms with Crippen LogP contribution in [0.5, 0.6) is 0 Å².